The molecule has 0 bridgehead atoms. The lowest BCUT2D eigenvalue weighted by Gasteiger charge is -2.15. The molecule has 2 aromatic carbocycles. The van der Waals surface area contributed by atoms with Crippen LogP contribution >= 0.6 is 0 Å². The second-order valence-electron chi connectivity index (χ2n) is 8.27. The normalized spacial score (nSPS) is 15.2. The van der Waals surface area contributed by atoms with Crippen LogP contribution < -0.4 is 10.2 Å². The number of carbonyl (C=O) groups excluding carboxylic acids is 2. The molecule has 1 aliphatic heterocycles. The molecule has 0 radical (unpaired) electrons. The van der Waals surface area contributed by atoms with E-state index in [-0.39, 0.29) is 29.6 Å². The van der Waals surface area contributed by atoms with Crippen molar-refractivity contribution in [3.63, 3.8) is 0 Å². The summed E-state index contributed by atoms with van der Waals surface area (Å²) in [6.07, 6.45) is 2.23. The van der Waals surface area contributed by atoms with Gasteiger partial charge in [0.25, 0.3) is 5.91 Å². The predicted molar refractivity (Wildman–Crippen MR) is 119 cm³/mol. The first-order valence-electron chi connectivity index (χ1n) is 10.7. The van der Waals surface area contributed by atoms with Gasteiger partial charge in [-0.1, -0.05) is 12.1 Å². The molecule has 32 heavy (non-hydrogen) atoms. The summed E-state index contributed by atoms with van der Waals surface area (Å²) in [5.74, 6) is -0.141. The van der Waals surface area contributed by atoms with Crippen molar-refractivity contribution in [2.24, 2.45) is 0 Å². The molecule has 0 spiro atoms. The molecule has 4 rings (SSSR count). The van der Waals surface area contributed by atoms with Crippen molar-refractivity contribution < 1.29 is 14.0 Å². The number of hydrogen-bond donors (Lipinski definition) is 1. The van der Waals surface area contributed by atoms with Gasteiger partial charge < -0.3 is 10.2 Å². The smallest absolute Gasteiger partial charge is 0.251 e. The van der Waals surface area contributed by atoms with Crippen molar-refractivity contribution in [3.8, 4) is 0 Å². The Morgan fingerprint density at radius 2 is 2.03 bits per heavy atom. The Balaban J connectivity index is 1.54. The standard InChI is InChI=1S/C24H26FN5O2/c1-15(2)30-14-27-23(28-30)21-13-29(16(3)31)22-8-7-18(12-20(21)22)24(32)26-10-9-17-5-4-6-19(25)11-17/h4-8,11-12,14-15,21H,9-10,13H2,1-3H3,(H,26,32). The second kappa shape index (κ2) is 8.90. The average Bonchev–Trinajstić information content (AvgIpc) is 3.38. The number of fused-ring (bicyclic) bond motifs is 1. The lowest BCUT2D eigenvalue weighted by Crippen LogP contribution is -2.27. The van der Waals surface area contributed by atoms with Crippen LogP contribution in [0.15, 0.2) is 48.8 Å². The van der Waals surface area contributed by atoms with E-state index in [9.17, 15) is 14.0 Å². The summed E-state index contributed by atoms with van der Waals surface area (Å²) < 4.78 is 15.1. The summed E-state index contributed by atoms with van der Waals surface area (Å²) in [5, 5.41) is 7.47. The molecule has 1 aliphatic rings. The summed E-state index contributed by atoms with van der Waals surface area (Å²) >= 11 is 0. The first-order chi connectivity index (χ1) is 15.3. The highest BCUT2D eigenvalue weighted by Gasteiger charge is 2.35. The fraction of sp³-hybridized carbons (Fsp3) is 0.333. The van der Waals surface area contributed by atoms with Gasteiger partial charge in [0.05, 0.1) is 5.92 Å². The van der Waals surface area contributed by atoms with Gasteiger partial charge in [0.1, 0.15) is 12.1 Å². The first-order valence-corrected chi connectivity index (χ1v) is 10.7. The van der Waals surface area contributed by atoms with E-state index in [0.29, 0.717) is 30.9 Å². The summed E-state index contributed by atoms with van der Waals surface area (Å²) in [4.78, 5) is 31.1. The highest BCUT2D eigenvalue weighted by atomic mass is 19.1. The zero-order chi connectivity index (χ0) is 22.8. The summed E-state index contributed by atoms with van der Waals surface area (Å²) in [7, 11) is 0. The topological polar surface area (TPSA) is 80.1 Å². The molecule has 8 heteroatoms. The number of benzene rings is 2. The molecule has 1 atom stereocenters. The van der Waals surface area contributed by atoms with E-state index in [4.69, 9.17) is 0 Å². The third-order valence-electron chi connectivity index (χ3n) is 5.66. The van der Waals surface area contributed by atoms with Gasteiger partial charge in [-0.3, -0.25) is 14.3 Å². The van der Waals surface area contributed by atoms with Gasteiger partial charge in [-0.05, 0) is 61.7 Å². The van der Waals surface area contributed by atoms with Crippen LogP contribution in [0.25, 0.3) is 0 Å². The van der Waals surface area contributed by atoms with Crippen LogP contribution in [0.1, 0.15) is 60.0 Å². The number of nitrogens with one attached hydrogen (secondary N) is 1. The zero-order valence-corrected chi connectivity index (χ0v) is 18.4. The zero-order valence-electron chi connectivity index (χ0n) is 18.4. The molecular formula is C24H26FN5O2. The maximum atomic E-state index is 13.3. The third-order valence-corrected chi connectivity index (χ3v) is 5.66. The van der Waals surface area contributed by atoms with Gasteiger partial charge in [0.2, 0.25) is 5.91 Å². The first kappa shape index (κ1) is 21.7. The molecule has 3 aromatic rings. The molecule has 2 heterocycles. The molecule has 2 amide bonds. The van der Waals surface area contributed by atoms with Crippen molar-refractivity contribution in [3.05, 3.63) is 77.1 Å². The minimum atomic E-state index is -0.290. The van der Waals surface area contributed by atoms with Crippen LogP contribution in [-0.4, -0.2) is 39.7 Å². The Labute approximate surface area is 186 Å². The summed E-state index contributed by atoms with van der Waals surface area (Å²) in [6.45, 7) is 6.41. The number of nitrogens with zero attached hydrogens (tertiary/aromatic N) is 4. The van der Waals surface area contributed by atoms with Gasteiger partial charge in [-0.25, -0.2) is 9.37 Å². The minimum absolute atomic E-state index is 0.0654. The molecule has 0 saturated carbocycles. The SMILES string of the molecule is CC(=O)N1CC(c2ncn(C(C)C)n2)c2cc(C(=O)NCCc3cccc(F)c3)ccc21. The Morgan fingerprint density at radius 3 is 2.72 bits per heavy atom. The molecule has 7 nitrogen and oxygen atoms in total. The van der Waals surface area contributed by atoms with Crippen molar-refractivity contribution in [2.45, 2.75) is 39.2 Å². The van der Waals surface area contributed by atoms with E-state index in [1.165, 1.54) is 19.1 Å². The lowest BCUT2D eigenvalue weighted by molar-refractivity contribution is -0.116. The third kappa shape index (κ3) is 4.39. The van der Waals surface area contributed by atoms with Crippen molar-refractivity contribution in [1.82, 2.24) is 20.1 Å². The van der Waals surface area contributed by atoms with Crippen LogP contribution in [0.4, 0.5) is 10.1 Å². The molecular weight excluding hydrogens is 409 g/mol. The fourth-order valence-electron chi connectivity index (χ4n) is 3.93. The number of rotatable bonds is 6. The number of amides is 2. The number of anilines is 1. The van der Waals surface area contributed by atoms with E-state index in [0.717, 1.165) is 16.8 Å². The average molecular weight is 436 g/mol. The van der Waals surface area contributed by atoms with Gasteiger partial charge in [-0.15, -0.1) is 0 Å². The van der Waals surface area contributed by atoms with E-state index in [1.807, 2.05) is 26.0 Å². The maximum absolute atomic E-state index is 13.3. The Bertz CT molecular complexity index is 1160. The van der Waals surface area contributed by atoms with Gasteiger partial charge in [0, 0.05) is 37.3 Å². The molecule has 1 aromatic heterocycles. The van der Waals surface area contributed by atoms with Gasteiger partial charge in [0.15, 0.2) is 5.82 Å². The van der Waals surface area contributed by atoms with Crippen LogP contribution in [0.5, 0.6) is 0 Å². The molecule has 1 unspecified atom stereocenters. The van der Waals surface area contributed by atoms with Crippen LogP contribution in [0.2, 0.25) is 0 Å². The lowest BCUT2D eigenvalue weighted by atomic mass is 9.98. The quantitative estimate of drug-likeness (QED) is 0.643. The summed E-state index contributed by atoms with van der Waals surface area (Å²) in [6, 6.07) is 11.9. The van der Waals surface area contributed by atoms with E-state index >= 15 is 0 Å². The number of aromatic nitrogens is 3. The number of carbonyl (C=O) groups is 2. The van der Waals surface area contributed by atoms with E-state index < -0.39 is 0 Å². The highest BCUT2D eigenvalue weighted by Crippen LogP contribution is 2.39. The number of halogens is 1. The monoisotopic (exact) mass is 435 g/mol. The Kier molecular flexibility index (Phi) is 6.03. The fourth-order valence-corrected chi connectivity index (χ4v) is 3.93. The molecule has 0 saturated heterocycles. The minimum Gasteiger partial charge on any atom is -0.352 e. The van der Waals surface area contributed by atoms with Crippen LogP contribution in [0, 0.1) is 5.82 Å². The van der Waals surface area contributed by atoms with Gasteiger partial charge >= 0.3 is 0 Å². The van der Waals surface area contributed by atoms with Crippen LogP contribution in [0.3, 0.4) is 0 Å². The highest BCUT2D eigenvalue weighted by molar-refractivity contribution is 5.98. The van der Waals surface area contributed by atoms with Crippen LogP contribution in [-0.2, 0) is 11.2 Å². The van der Waals surface area contributed by atoms with Crippen molar-refractivity contribution >= 4 is 17.5 Å². The predicted octanol–water partition coefficient (Wildman–Crippen LogP) is 3.47. The molecule has 0 aliphatic carbocycles. The van der Waals surface area contributed by atoms with Crippen molar-refractivity contribution in [2.75, 3.05) is 18.0 Å². The Morgan fingerprint density at radius 1 is 1.22 bits per heavy atom. The molecule has 1 N–H and O–H groups in total. The largest absolute Gasteiger partial charge is 0.352 e. The number of hydrogen-bond acceptors (Lipinski definition) is 4. The van der Waals surface area contributed by atoms with E-state index in [1.54, 1.807) is 34.1 Å². The molecule has 0 fully saturated rings. The van der Waals surface area contributed by atoms with Crippen molar-refractivity contribution in [1.29, 1.82) is 0 Å². The van der Waals surface area contributed by atoms with E-state index in [2.05, 4.69) is 15.4 Å². The van der Waals surface area contributed by atoms with Gasteiger partial charge in [-0.2, -0.15) is 5.10 Å². The maximum Gasteiger partial charge on any atom is 0.251 e. The molecule has 166 valence electrons. The second-order valence-corrected chi connectivity index (χ2v) is 8.27. The Hall–Kier alpha value is -3.55. The summed E-state index contributed by atoms with van der Waals surface area (Å²) in [5.41, 5.74) is 2.96.